The van der Waals surface area contributed by atoms with Crippen LogP contribution in [0, 0.1) is 5.92 Å². The number of methoxy groups -OCH3 is 1. The van der Waals surface area contributed by atoms with Gasteiger partial charge in [0.15, 0.2) is 5.78 Å². The summed E-state index contributed by atoms with van der Waals surface area (Å²) >= 11 is 0. The molecule has 1 saturated heterocycles. The Morgan fingerprint density at radius 2 is 2.45 bits per heavy atom. The molecule has 11 heavy (non-hydrogen) atoms. The molecule has 0 aromatic carbocycles. The molecular formula is C8H14O3. The predicted octanol–water partition coefficient (Wildman–Crippen LogP) is 0.627. The van der Waals surface area contributed by atoms with Crippen molar-refractivity contribution in [3.05, 3.63) is 0 Å². The average molecular weight is 158 g/mol. The average Bonchev–Trinajstić information content (AvgIpc) is 2.36. The number of carbonyl (C=O) groups is 1. The Bertz CT molecular complexity index is 144. The molecule has 0 aromatic heterocycles. The van der Waals surface area contributed by atoms with E-state index in [2.05, 4.69) is 0 Å². The standard InChI is InChI=1S/C8H14O3/c1-6-7(3-4-11-6)8(9)5-10-2/h6-7H,3-5H2,1-2H3. The first-order valence-corrected chi connectivity index (χ1v) is 3.89. The first-order valence-electron chi connectivity index (χ1n) is 3.89. The molecule has 0 saturated carbocycles. The summed E-state index contributed by atoms with van der Waals surface area (Å²) in [7, 11) is 1.54. The highest BCUT2D eigenvalue weighted by molar-refractivity contribution is 5.82. The summed E-state index contributed by atoms with van der Waals surface area (Å²) in [6.07, 6.45) is 0.932. The predicted molar refractivity (Wildman–Crippen MR) is 40.4 cm³/mol. The minimum atomic E-state index is 0.0648. The Morgan fingerprint density at radius 3 is 2.91 bits per heavy atom. The molecule has 1 aliphatic heterocycles. The van der Waals surface area contributed by atoms with Crippen molar-refractivity contribution in [1.29, 1.82) is 0 Å². The second-order valence-corrected chi connectivity index (χ2v) is 2.87. The zero-order valence-electron chi connectivity index (χ0n) is 7.00. The second-order valence-electron chi connectivity index (χ2n) is 2.87. The quantitative estimate of drug-likeness (QED) is 0.604. The molecule has 0 N–H and O–H groups in total. The Morgan fingerprint density at radius 1 is 1.73 bits per heavy atom. The maximum absolute atomic E-state index is 11.3. The van der Waals surface area contributed by atoms with Crippen molar-refractivity contribution in [3.8, 4) is 0 Å². The SMILES string of the molecule is COCC(=O)C1CCOC1C. The summed E-state index contributed by atoms with van der Waals surface area (Å²) in [6.45, 7) is 2.87. The van der Waals surface area contributed by atoms with Crippen molar-refractivity contribution in [1.82, 2.24) is 0 Å². The van der Waals surface area contributed by atoms with Crippen molar-refractivity contribution >= 4 is 5.78 Å². The van der Waals surface area contributed by atoms with Gasteiger partial charge in [0.1, 0.15) is 6.61 Å². The highest BCUT2D eigenvalue weighted by Gasteiger charge is 2.29. The molecule has 1 fully saturated rings. The van der Waals surface area contributed by atoms with Crippen molar-refractivity contribution in [2.24, 2.45) is 5.92 Å². The van der Waals surface area contributed by atoms with Crippen LogP contribution in [0.1, 0.15) is 13.3 Å². The molecule has 2 atom stereocenters. The van der Waals surface area contributed by atoms with E-state index in [1.54, 1.807) is 7.11 Å². The minimum absolute atomic E-state index is 0.0648. The molecule has 0 bridgehead atoms. The molecule has 1 aliphatic rings. The van der Waals surface area contributed by atoms with E-state index in [0.29, 0.717) is 6.61 Å². The molecule has 2 unspecified atom stereocenters. The normalized spacial score (nSPS) is 30.7. The van der Waals surface area contributed by atoms with Crippen molar-refractivity contribution in [3.63, 3.8) is 0 Å². The summed E-state index contributed by atoms with van der Waals surface area (Å²) in [6, 6.07) is 0. The zero-order chi connectivity index (χ0) is 8.27. The molecule has 0 aliphatic carbocycles. The number of carbonyl (C=O) groups excluding carboxylic acids is 1. The Kier molecular flexibility index (Phi) is 3.02. The van der Waals surface area contributed by atoms with Gasteiger partial charge in [0, 0.05) is 19.6 Å². The van der Waals surface area contributed by atoms with E-state index in [0.717, 1.165) is 6.42 Å². The summed E-state index contributed by atoms with van der Waals surface area (Å²) in [4.78, 5) is 11.3. The lowest BCUT2D eigenvalue weighted by atomic mass is 9.98. The highest BCUT2D eigenvalue weighted by atomic mass is 16.5. The Labute approximate surface area is 66.7 Å². The van der Waals surface area contributed by atoms with Crippen LogP contribution in [-0.2, 0) is 14.3 Å². The van der Waals surface area contributed by atoms with Gasteiger partial charge in [-0.25, -0.2) is 0 Å². The first kappa shape index (κ1) is 8.68. The van der Waals surface area contributed by atoms with Gasteiger partial charge in [-0.05, 0) is 13.3 Å². The minimum Gasteiger partial charge on any atom is -0.378 e. The van der Waals surface area contributed by atoms with Gasteiger partial charge in [0.05, 0.1) is 6.10 Å². The zero-order valence-corrected chi connectivity index (χ0v) is 7.00. The fourth-order valence-corrected chi connectivity index (χ4v) is 1.40. The topological polar surface area (TPSA) is 35.5 Å². The van der Waals surface area contributed by atoms with Gasteiger partial charge in [-0.15, -0.1) is 0 Å². The van der Waals surface area contributed by atoms with Crippen LogP contribution in [-0.4, -0.2) is 32.2 Å². The molecule has 64 valence electrons. The number of Topliss-reactive ketones (excluding diaryl/α,β-unsaturated/α-hetero) is 1. The molecule has 0 spiro atoms. The van der Waals surface area contributed by atoms with Crippen LogP contribution in [0.25, 0.3) is 0 Å². The third-order valence-corrected chi connectivity index (χ3v) is 2.08. The Balaban J connectivity index is 2.39. The number of ether oxygens (including phenoxy) is 2. The maximum Gasteiger partial charge on any atom is 0.164 e. The first-order chi connectivity index (χ1) is 5.25. The van der Waals surface area contributed by atoms with Gasteiger partial charge in [-0.3, -0.25) is 4.79 Å². The van der Waals surface area contributed by atoms with Crippen LogP contribution in [0.4, 0.5) is 0 Å². The molecule has 1 heterocycles. The molecule has 0 amide bonds. The van der Waals surface area contributed by atoms with Gasteiger partial charge in [0.2, 0.25) is 0 Å². The van der Waals surface area contributed by atoms with Crippen LogP contribution in [0.3, 0.4) is 0 Å². The molecule has 3 heteroatoms. The van der Waals surface area contributed by atoms with Crippen molar-refractivity contribution < 1.29 is 14.3 Å². The lowest BCUT2D eigenvalue weighted by Gasteiger charge is -2.11. The summed E-state index contributed by atoms with van der Waals surface area (Å²) in [5, 5.41) is 0. The van der Waals surface area contributed by atoms with E-state index in [1.165, 1.54) is 0 Å². The number of rotatable bonds is 3. The second kappa shape index (κ2) is 3.83. The summed E-state index contributed by atoms with van der Waals surface area (Å²) in [5.74, 6) is 0.229. The van der Waals surface area contributed by atoms with Crippen molar-refractivity contribution in [2.75, 3.05) is 20.3 Å². The molecule has 1 rings (SSSR count). The fourth-order valence-electron chi connectivity index (χ4n) is 1.40. The van der Waals surface area contributed by atoms with Crippen LogP contribution in [0.5, 0.6) is 0 Å². The van der Waals surface area contributed by atoms with Crippen LogP contribution in [0.2, 0.25) is 0 Å². The largest absolute Gasteiger partial charge is 0.378 e. The van der Waals surface area contributed by atoms with Crippen LogP contribution < -0.4 is 0 Å². The molecular weight excluding hydrogens is 144 g/mol. The van der Waals surface area contributed by atoms with E-state index >= 15 is 0 Å². The van der Waals surface area contributed by atoms with Crippen LogP contribution >= 0.6 is 0 Å². The summed E-state index contributed by atoms with van der Waals surface area (Å²) in [5.41, 5.74) is 0. The van der Waals surface area contributed by atoms with E-state index in [4.69, 9.17) is 9.47 Å². The Hall–Kier alpha value is -0.410. The lowest BCUT2D eigenvalue weighted by Crippen LogP contribution is -2.24. The maximum atomic E-state index is 11.3. The molecule has 3 nitrogen and oxygen atoms in total. The monoisotopic (exact) mass is 158 g/mol. The fraction of sp³-hybridized carbons (Fsp3) is 0.875. The summed E-state index contributed by atoms with van der Waals surface area (Å²) < 4.78 is 10.0. The number of hydrogen-bond donors (Lipinski definition) is 0. The van der Waals surface area contributed by atoms with E-state index < -0.39 is 0 Å². The smallest absolute Gasteiger partial charge is 0.164 e. The van der Waals surface area contributed by atoms with E-state index in [1.807, 2.05) is 6.92 Å². The number of hydrogen-bond acceptors (Lipinski definition) is 3. The lowest BCUT2D eigenvalue weighted by molar-refractivity contribution is -0.127. The van der Waals surface area contributed by atoms with Crippen molar-refractivity contribution in [2.45, 2.75) is 19.4 Å². The molecule has 0 aromatic rings. The van der Waals surface area contributed by atoms with E-state index in [-0.39, 0.29) is 24.4 Å². The van der Waals surface area contributed by atoms with Gasteiger partial charge in [-0.2, -0.15) is 0 Å². The van der Waals surface area contributed by atoms with Gasteiger partial charge >= 0.3 is 0 Å². The number of ketones is 1. The van der Waals surface area contributed by atoms with Crippen LogP contribution in [0.15, 0.2) is 0 Å². The van der Waals surface area contributed by atoms with E-state index in [9.17, 15) is 4.79 Å². The third-order valence-electron chi connectivity index (χ3n) is 2.08. The highest BCUT2D eigenvalue weighted by Crippen LogP contribution is 2.20. The van der Waals surface area contributed by atoms with Gasteiger partial charge in [-0.1, -0.05) is 0 Å². The molecule has 0 radical (unpaired) electrons. The van der Waals surface area contributed by atoms with Gasteiger partial charge < -0.3 is 9.47 Å². The third kappa shape index (κ3) is 2.01. The van der Waals surface area contributed by atoms with Gasteiger partial charge in [0.25, 0.3) is 0 Å².